The Morgan fingerprint density at radius 3 is 2.95 bits per heavy atom. The van der Waals surface area contributed by atoms with Crippen LogP contribution in [0.25, 0.3) is 0 Å². The first-order chi connectivity index (χ1) is 9.19. The molecule has 1 heterocycles. The second-order valence-corrected chi connectivity index (χ2v) is 4.40. The summed E-state index contributed by atoms with van der Waals surface area (Å²) in [6.07, 6.45) is 1.71. The first-order valence-corrected chi connectivity index (χ1v) is 6.35. The van der Waals surface area contributed by atoms with Crippen LogP contribution >= 0.6 is 0 Å². The Balaban J connectivity index is 1.94. The van der Waals surface area contributed by atoms with Crippen molar-refractivity contribution >= 4 is 0 Å². The lowest BCUT2D eigenvalue weighted by Gasteiger charge is -2.07. The van der Waals surface area contributed by atoms with Crippen molar-refractivity contribution in [3.8, 4) is 5.75 Å². The van der Waals surface area contributed by atoms with Gasteiger partial charge in [0.1, 0.15) is 23.9 Å². The minimum absolute atomic E-state index is 0.298. The quantitative estimate of drug-likeness (QED) is 0.867. The summed E-state index contributed by atoms with van der Waals surface area (Å²) in [7, 11) is 0. The molecule has 0 aliphatic rings. The van der Waals surface area contributed by atoms with E-state index in [4.69, 9.17) is 9.15 Å². The summed E-state index contributed by atoms with van der Waals surface area (Å²) in [4.78, 5) is 0. The van der Waals surface area contributed by atoms with Gasteiger partial charge in [-0.05, 0) is 31.2 Å². The minimum Gasteiger partial charge on any atom is -0.485 e. The molecule has 1 N–H and O–H groups in total. The summed E-state index contributed by atoms with van der Waals surface area (Å²) in [6, 6.07) is 6.45. The topological polar surface area (TPSA) is 34.4 Å². The molecule has 3 nitrogen and oxygen atoms in total. The molecule has 0 spiro atoms. The van der Waals surface area contributed by atoms with Crippen molar-refractivity contribution in [2.75, 3.05) is 6.54 Å². The Hall–Kier alpha value is -1.81. The predicted molar refractivity (Wildman–Crippen MR) is 71.6 cm³/mol. The van der Waals surface area contributed by atoms with Crippen molar-refractivity contribution in [3.63, 3.8) is 0 Å². The van der Waals surface area contributed by atoms with E-state index < -0.39 is 0 Å². The molecule has 0 saturated carbocycles. The average Bonchev–Trinajstić information content (AvgIpc) is 2.85. The lowest BCUT2D eigenvalue weighted by atomic mass is 10.2. The number of rotatable bonds is 6. The largest absolute Gasteiger partial charge is 0.485 e. The zero-order chi connectivity index (χ0) is 13.7. The van der Waals surface area contributed by atoms with Crippen molar-refractivity contribution in [1.82, 2.24) is 5.32 Å². The van der Waals surface area contributed by atoms with Gasteiger partial charge in [-0.2, -0.15) is 0 Å². The van der Waals surface area contributed by atoms with Crippen molar-refractivity contribution < 1.29 is 13.5 Å². The maximum absolute atomic E-state index is 13.1. The summed E-state index contributed by atoms with van der Waals surface area (Å²) in [5.41, 5.74) is 1.98. The SMILES string of the molecule is CCNCc1coc(COc2cc(F)ccc2C)c1. The average molecular weight is 263 g/mol. The molecule has 2 aromatic rings. The Morgan fingerprint density at radius 2 is 2.16 bits per heavy atom. The van der Waals surface area contributed by atoms with Crippen LogP contribution in [-0.2, 0) is 13.2 Å². The van der Waals surface area contributed by atoms with E-state index in [1.54, 1.807) is 12.3 Å². The Bertz CT molecular complexity index is 537. The third kappa shape index (κ3) is 3.83. The van der Waals surface area contributed by atoms with Gasteiger partial charge in [0.2, 0.25) is 0 Å². The lowest BCUT2D eigenvalue weighted by molar-refractivity contribution is 0.267. The molecule has 19 heavy (non-hydrogen) atoms. The molecule has 0 atom stereocenters. The molecule has 2 rings (SSSR count). The van der Waals surface area contributed by atoms with Crippen molar-refractivity contribution in [2.45, 2.75) is 27.0 Å². The number of furan rings is 1. The van der Waals surface area contributed by atoms with Gasteiger partial charge in [-0.1, -0.05) is 13.0 Å². The monoisotopic (exact) mass is 263 g/mol. The zero-order valence-electron chi connectivity index (χ0n) is 11.2. The van der Waals surface area contributed by atoms with Crippen molar-refractivity contribution in [2.24, 2.45) is 0 Å². The second-order valence-electron chi connectivity index (χ2n) is 4.40. The van der Waals surface area contributed by atoms with Crippen LogP contribution in [0.2, 0.25) is 0 Å². The number of aryl methyl sites for hydroxylation is 1. The molecule has 1 aromatic carbocycles. The fraction of sp³-hybridized carbons (Fsp3) is 0.333. The molecular formula is C15H18FNO2. The molecular weight excluding hydrogens is 245 g/mol. The molecule has 0 radical (unpaired) electrons. The summed E-state index contributed by atoms with van der Waals surface area (Å²) >= 11 is 0. The standard InChI is InChI=1S/C15H18FNO2/c1-3-17-8-12-6-14(18-9-12)10-19-15-7-13(16)5-4-11(15)2/h4-7,9,17H,3,8,10H2,1-2H3. The van der Waals surface area contributed by atoms with E-state index in [0.29, 0.717) is 12.4 Å². The summed E-state index contributed by atoms with van der Waals surface area (Å²) in [5.74, 6) is 0.981. The summed E-state index contributed by atoms with van der Waals surface area (Å²) in [5, 5.41) is 3.22. The van der Waals surface area contributed by atoms with E-state index in [0.717, 1.165) is 30.0 Å². The third-order valence-corrected chi connectivity index (χ3v) is 2.81. The van der Waals surface area contributed by atoms with Crippen LogP contribution < -0.4 is 10.1 Å². The van der Waals surface area contributed by atoms with Gasteiger partial charge in [-0.3, -0.25) is 0 Å². The molecule has 0 bridgehead atoms. The minimum atomic E-state index is -0.298. The van der Waals surface area contributed by atoms with E-state index in [1.807, 2.05) is 13.0 Å². The second kappa shape index (κ2) is 6.38. The molecule has 0 unspecified atom stereocenters. The highest BCUT2D eigenvalue weighted by Crippen LogP contribution is 2.20. The van der Waals surface area contributed by atoms with E-state index in [2.05, 4.69) is 12.2 Å². The first-order valence-electron chi connectivity index (χ1n) is 6.35. The highest BCUT2D eigenvalue weighted by atomic mass is 19.1. The van der Waals surface area contributed by atoms with Crippen molar-refractivity contribution in [3.05, 3.63) is 53.2 Å². The molecule has 0 aliphatic heterocycles. The van der Waals surface area contributed by atoms with Gasteiger partial charge in [0.15, 0.2) is 0 Å². The van der Waals surface area contributed by atoms with Crippen LogP contribution in [0.5, 0.6) is 5.75 Å². The third-order valence-electron chi connectivity index (χ3n) is 2.81. The van der Waals surface area contributed by atoms with Crippen LogP contribution in [0.15, 0.2) is 34.9 Å². The smallest absolute Gasteiger partial charge is 0.146 e. The van der Waals surface area contributed by atoms with Gasteiger partial charge >= 0.3 is 0 Å². The fourth-order valence-corrected chi connectivity index (χ4v) is 1.74. The maximum Gasteiger partial charge on any atom is 0.146 e. The van der Waals surface area contributed by atoms with Gasteiger partial charge in [-0.25, -0.2) is 4.39 Å². The predicted octanol–water partition coefficient (Wildman–Crippen LogP) is 3.42. The molecule has 0 saturated heterocycles. The van der Waals surface area contributed by atoms with Crippen LogP contribution in [0.1, 0.15) is 23.8 Å². The van der Waals surface area contributed by atoms with Crippen LogP contribution in [0, 0.1) is 12.7 Å². The van der Waals surface area contributed by atoms with Crippen LogP contribution in [0.4, 0.5) is 4.39 Å². The Morgan fingerprint density at radius 1 is 1.32 bits per heavy atom. The van der Waals surface area contributed by atoms with Gasteiger partial charge in [-0.15, -0.1) is 0 Å². The number of hydrogen-bond acceptors (Lipinski definition) is 3. The number of halogens is 1. The van der Waals surface area contributed by atoms with Gasteiger partial charge in [0.05, 0.1) is 6.26 Å². The molecule has 0 fully saturated rings. The first kappa shape index (κ1) is 13.6. The number of ether oxygens (including phenoxy) is 1. The molecule has 0 amide bonds. The number of benzene rings is 1. The summed E-state index contributed by atoms with van der Waals surface area (Å²) < 4.78 is 24.1. The molecule has 0 aliphatic carbocycles. The van der Waals surface area contributed by atoms with Gasteiger partial charge in [0.25, 0.3) is 0 Å². The van der Waals surface area contributed by atoms with E-state index >= 15 is 0 Å². The van der Waals surface area contributed by atoms with Crippen molar-refractivity contribution in [1.29, 1.82) is 0 Å². The zero-order valence-corrected chi connectivity index (χ0v) is 11.2. The highest BCUT2D eigenvalue weighted by molar-refractivity contribution is 5.32. The molecule has 102 valence electrons. The summed E-state index contributed by atoms with van der Waals surface area (Å²) in [6.45, 7) is 5.93. The van der Waals surface area contributed by atoms with Crippen LogP contribution in [0.3, 0.4) is 0 Å². The Kier molecular flexibility index (Phi) is 4.58. The lowest BCUT2D eigenvalue weighted by Crippen LogP contribution is -2.10. The van der Waals surface area contributed by atoms with E-state index in [-0.39, 0.29) is 5.82 Å². The Labute approximate surface area is 112 Å². The maximum atomic E-state index is 13.1. The van der Waals surface area contributed by atoms with Gasteiger partial charge in [0, 0.05) is 18.2 Å². The number of hydrogen-bond donors (Lipinski definition) is 1. The van der Waals surface area contributed by atoms with E-state index in [9.17, 15) is 4.39 Å². The van der Waals surface area contributed by atoms with Crippen LogP contribution in [-0.4, -0.2) is 6.54 Å². The molecule has 4 heteroatoms. The highest BCUT2D eigenvalue weighted by Gasteiger charge is 2.05. The number of nitrogens with one attached hydrogen (secondary N) is 1. The molecule has 1 aromatic heterocycles. The fourth-order valence-electron chi connectivity index (χ4n) is 1.74. The van der Waals surface area contributed by atoms with E-state index in [1.165, 1.54) is 12.1 Å². The van der Waals surface area contributed by atoms with Gasteiger partial charge < -0.3 is 14.5 Å². The normalized spacial score (nSPS) is 10.7.